The number of nitrogens with one attached hydrogen (secondary N) is 1. The molecule has 0 heterocycles. The molecule has 0 bridgehead atoms. The summed E-state index contributed by atoms with van der Waals surface area (Å²) in [6.45, 7) is 2.19. The van der Waals surface area contributed by atoms with Crippen molar-refractivity contribution in [3.63, 3.8) is 0 Å². The summed E-state index contributed by atoms with van der Waals surface area (Å²) in [5.74, 6) is 0.897. The summed E-state index contributed by atoms with van der Waals surface area (Å²) in [6, 6.07) is 17.2. The van der Waals surface area contributed by atoms with E-state index in [-0.39, 0.29) is 23.6 Å². The first-order chi connectivity index (χ1) is 15.1. The largest absolute Gasteiger partial charge is 0.497 e. The smallest absolute Gasteiger partial charge is 0.242 e. The first-order valence-corrected chi connectivity index (χ1v) is 12.0. The number of carbonyl (C=O) groups excluding carboxylic acids is 2. The van der Waals surface area contributed by atoms with E-state index in [1.807, 2.05) is 61.5 Å². The fraction of sp³-hybridized carbons (Fsp3) is 0.440. The standard InChI is InChI=1S/C25H32N2O3S/c1-19(25(29)26-21-11-5-3-6-12-21)27(17-20-10-9-13-22(16-20)30-2)24(28)18-31-23-14-7-4-8-15-23/h4,7-10,13-16,19,21H,3,5-6,11-12,17-18H2,1-2H3,(H,26,29). The maximum Gasteiger partial charge on any atom is 0.242 e. The molecule has 31 heavy (non-hydrogen) atoms. The molecular formula is C25H32N2O3S. The molecule has 1 fully saturated rings. The Morgan fingerprint density at radius 1 is 1.10 bits per heavy atom. The van der Waals surface area contributed by atoms with Gasteiger partial charge in [0.25, 0.3) is 0 Å². The molecule has 1 aliphatic carbocycles. The average Bonchev–Trinajstić information content (AvgIpc) is 2.82. The second-order valence-corrected chi connectivity index (χ2v) is 9.04. The Morgan fingerprint density at radius 2 is 1.84 bits per heavy atom. The zero-order valence-electron chi connectivity index (χ0n) is 18.4. The van der Waals surface area contributed by atoms with Gasteiger partial charge in [-0.05, 0) is 49.6 Å². The van der Waals surface area contributed by atoms with E-state index in [1.165, 1.54) is 18.2 Å². The fourth-order valence-electron chi connectivity index (χ4n) is 3.86. The first kappa shape index (κ1) is 23.2. The fourth-order valence-corrected chi connectivity index (χ4v) is 4.67. The number of methoxy groups -OCH3 is 1. The highest BCUT2D eigenvalue weighted by molar-refractivity contribution is 8.00. The lowest BCUT2D eigenvalue weighted by Crippen LogP contribution is -2.50. The summed E-state index contributed by atoms with van der Waals surface area (Å²) in [7, 11) is 1.62. The van der Waals surface area contributed by atoms with Gasteiger partial charge in [0.15, 0.2) is 0 Å². The molecule has 166 valence electrons. The SMILES string of the molecule is COc1cccc(CN(C(=O)CSc2ccccc2)C(C)C(=O)NC2CCCCC2)c1. The molecule has 0 aliphatic heterocycles. The van der Waals surface area contributed by atoms with Crippen LogP contribution in [0.15, 0.2) is 59.5 Å². The van der Waals surface area contributed by atoms with Crippen LogP contribution in [0.25, 0.3) is 0 Å². The number of hydrogen-bond donors (Lipinski definition) is 1. The lowest BCUT2D eigenvalue weighted by molar-refractivity contribution is -0.139. The van der Waals surface area contributed by atoms with Crippen LogP contribution in [-0.4, -0.2) is 41.7 Å². The third-order valence-corrected chi connectivity index (χ3v) is 6.71. The third kappa shape index (κ3) is 7.03. The van der Waals surface area contributed by atoms with Gasteiger partial charge < -0.3 is 15.0 Å². The van der Waals surface area contributed by atoms with Crippen LogP contribution < -0.4 is 10.1 Å². The quantitative estimate of drug-likeness (QED) is 0.577. The predicted molar refractivity (Wildman–Crippen MR) is 125 cm³/mol. The summed E-state index contributed by atoms with van der Waals surface area (Å²) in [5.41, 5.74) is 0.940. The minimum absolute atomic E-state index is 0.0528. The summed E-state index contributed by atoms with van der Waals surface area (Å²) in [5, 5.41) is 3.17. The van der Waals surface area contributed by atoms with Gasteiger partial charge in [-0.2, -0.15) is 0 Å². The Labute approximate surface area is 189 Å². The Balaban J connectivity index is 1.71. The molecule has 0 aromatic heterocycles. The molecule has 1 unspecified atom stereocenters. The maximum atomic E-state index is 13.2. The normalized spacial score (nSPS) is 15.2. The number of amides is 2. The Morgan fingerprint density at radius 3 is 2.55 bits per heavy atom. The molecular weight excluding hydrogens is 408 g/mol. The summed E-state index contributed by atoms with van der Waals surface area (Å²) < 4.78 is 5.32. The third-order valence-electron chi connectivity index (χ3n) is 5.71. The van der Waals surface area contributed by atoms with Gasteiger partial charge in [0, 0.05) is 17.5 Å². The summed E-state index contributed by atoms with van der Waals surface area (Å²) >= 11 is 1.49. The van der Waals surface area contributed by atoms with Gasteiger partial charge in [0.2, 0.25) is 11.8 Å². The van der Waals surface area contributed by atoms with E-state index in [2.05, 4.69) is 5.32 Å². The zero-order chi connectivity index (χ0) is 22.1. The molecule has 3 rings (SSSR count). The molecule has 6 heteroatoms. The average molecular weight is 441 g/mol. The number of benzene rings is 2. The van der Waals surface area contributed by atoms with Crippen LogP contribution in [0.3, 0.4) is 0 Å². The molecule has 2 aromatic rings. The number of ether oxygens (including phenoxy) is 1. The minimum atomic E-state index is -0.544. The molecule has 0 saturated heterocycles. The zero-order valence-corrected chi connectivity index (χ0v) is 19.2. The van der Waals surface area contributed by atoms with Gasteiger partial charge in [-0.1, -0.05) is 49.6 Å². The van der Waals surface area contributed by atoms with Crippen LogP contribution >= 0.6 is 11.8 Å². The van der Waals surface area contributed by atoms with E-state index in [1.54, 1.807) is 12.0 Å². The molecule has 1 saturated carbocycles. The lowest BCUT2D eigenvalue weighted by Gasteiger charge is -2.31. The topological polar surface area (TPSA) is 58.6 Å². The Kier molecular flexibility index (Phi) is 8.83. The number of rotatable bonds is 9. The van der Waals surface area contributed by atoms with Gasteiger partial charge in [-0.15, -0.1) is 11.8 Å². The van der Waals surface area contributed by atoms with Crippen LogP contribution in [0.5, 0.6) is 5.75 Å². The summed E-state index contributed by atoms with van der Waals surface area (Å²) in [4.78, 5) is 28.9. The van der Waals surface area contributed by atoms with Gasteiger partial charge in [0.1, 0.15) is 11.8 Å². The van der Waals surface area contributed by atoms with Crippen molar-refractivity contribution in [3.05, 3.63) is 60.2 Å². The van der Waals surface area contributed by atoms with Crippen molar-refractivity contribution < 1.29 is 14.3 Å². The van der Waals surface area contributed by atoms with Crippen LogP contribution in [0.1, 0.15) is 44.6 Å². The van der Waals surface area contributed by atoms with Crippen molar-refractivity contribution in [3.8, 4) is 5.75 Å². The van der Waals surface area contributed by atoms with E-state index in [0.717, 1.165) is 41.9 Å². The molecule has 1 atom stereocenters. The number of hydrogen-bond acceptors (Lipinski definition) is 4. The minimum Gasteiger partial charge on any atom is -0.497 e. The molecule has 1 N–H and O–H groups in total. The Hall–Kier alpha value is -2.47. The molecule has 2 aromatic carbocycles. The number of thioether (sulfide) groups is 1. The van der Waals surface area contributed by atoms with Crippen LogP contribution in [-0.2, 0) is 16.1 Å². The van der Waals surface area contributed by atoms with Gasteiger partial charge in [-0.25, -0.2) is 0 Å². The van der Waals surface area contributed by atoms with Gasteiger partial charge in [0.05, 0.1) is 12.9 Å². The lowest BCUT2D eigenvalue weighted by atomic mass is 9.95. The van der Waals surface area contributed by atoms with Gasteiger partial charge >= 0.3 is 0 Å². The number of carbonyl (C=O) groups is 2. The highest BCUT2D eigenvalue weighted by Crippen LogP contribution is 2.22. The molecule has 0 spiro atoms. The Bertz CT molecular complexity index is 853. The van der Waals surface area contributed by atoms with Crippen LogP contribution in [0.4, 0.5) is 0 Å². The van der Waals surface area contributed by atoms with Crippen molar-refractivity contribution in [2.45, 2.75) is 62.6 Å². The highest BCUT2D eigenvalue weighted by Gasteiger charge is 2.28. The van der Waals surface area contributed by atoms with Crippen molar-refractivity contribution in [2.24, 2.45) is 0 Å². The van der Waals surface area contributed by atoms with E-state index in [9.17, 15) is 9.59 Å². The van der Waals surface area contributed by atoms with Crippen molar-refractivity contribution in [2.75, 3.05) is 12.9 Å². The second-order valence-electron chi connectivity index (χ2n) is 7.99. The molecule has 5 nitrogen and oxygen atoms in total. The highest BCUT2D eigenvalue weighted by atomic mass is 32.2. The predicted octanol–water partition coefficient (Wildman–Crippen LogP) is 4.65. The van der Waals surface area contributed by atoms with E-state index < -0.39 is 6.04 Å². The monoisotopic (exact) mass is 440 g/mol. The van der Waals surface area contributed by atoms with Gasteiger partial charge in [-0.3, -0.25) is 9.59 Å². The second kappa shape index (κ2) is 11.8. The molecule has 0 radical (unpaired) electrons. The van der Waals surface area contributed by atoms with Crippen molar-refractivity contribution in [1.82, 2.24) is 10.2 Å². The van der Waals surface area contributed by atoms with Crippen LogP contribution in [0, 0.1) is 0 Å². The van der Waals surface area contributed by atoms with Crippen LogP contribution in [0.2, 0.25) is 0 Å². The number of nitrogens with zero attached hydrogens (tertiary/aromatic N) is 1. The summed E-state index contributed by atoms with van der Waals surface area (Å²) in [6.07, 6.45) is 5.58. The molecule has 2 amide bonds. The van der Waals surface area contributed by atoms with E-state index in [4.69, 9.17) is 4.74 Å². The molecule has 1 aliphatic rings. The first-order valence-electron chi connectivity index (χ1n) is 11.0. The maximum absolute atomic E-state index is 13.2. The van der Waals surface area contributed by atoms with E-state index >= 15 is 0 Å². The van der Waals surface area contributed by atoms with Crippen molar-refractivity contribution >= 4 is 23.6 Å². The van der Waals surface area contributed by atoms with Crippen molar-refractivity contribution in [1.29, 1.82) is 0 Å². The van der Waals surface area contributed by atoms with E-state index in [0.29, 0.717) is 6.54 Å².